The molecule has 1 aromatic carbocycles. The summed E-state index contributed by atoms with van der Waals surface area (Å²) in [4.78, 5) is 22.3. The maximum atomic E-state index is 14.6. The standard InChI is InChI=1S/C45H72N2O9/c1-4-7-8-9-10-11-12-13-14-21-42(52)47(24-29-53-30-27-50)41-33-39(46-55-6-3)37-31-34(19-15-17-25-48)36(20-16-18-26-49)43-38-32-35(51)22-23-40(38)56-45(41,44(37)43)54-28-5-2/h5,22-23,31-32,34,36,41,43-44,48-51H,2,4,6-21,24-30,33H2,1,3H3. The molecule has 11 nitrogen and oxygen atoms in total. The van der Waals surface area contributed by atoms with E-state index in [1.165, 1.54) is 38.5 Å². The predicted octanol–water partition coefficient (Wildman–Crippen LogP) is 7.80. The number of oxime groups is 1. The van der Waals surface area contributed by atoms with Crippen molar-refractivity contribution in [3.8, 4) is 11.5 Å². The van der Waals surface area contributed by atoms with Gasteiger partial charge in [-0.15, -0.1) is 6.58 Å². The number of aliphatic hydroxyl groups is 3. The molecule has 6 unspecified atom stereocenters. The normalized spacial score (nSPS) is 24.6. The van der Waals surface area contributed by atoms with Gasteiger partial charge in [-0.3, -0.25) is 4.79 Å². The summed E-state index contributed by atoms with van der Waals surface area (Å²) in [6.45, 7) is 9.46. The largest absolute Gasteiger partial charge is 0.508 e. The van der Waals surface area contributed by atoms with Gasteiger partial charge in [0.2, 0.25) is 11.7 Å². The van der Waals surface area contributed by atoms with Crippen LogP contribution in [0.3, 0.4) is 0 Å². The third-order valence-electron chi connectivity index (χ3n) is 11.9. The Morgan fingerprint density at radius 2 is 1.66 bits per heavy atom. The van der Waals surface area contributed by atoms with Crippen LogP contribution in [0.1, 0.15) is 134 Å². The highest BCUT2D eigenvalue weighted by atomic mass is 16.7. The van der Waals surface area contributed by atoms with Crippen molar-refractivity contribution < 1.29 is 44.3 Å². The number of benzene rings is 1. The van der Waals surface area contributed by atoms with Crippen LogP contribution in [0.5, 0.6) is 11.5 Å². The van der Waals surface area contributed by atoms with E-state index in [2.05, 4.69) is 19.6 Å². The van der Waals surface area contributed by atoms with Crippen molar-refractivity contribution >= 4 is 11.6 Å². The third-order valence-corrected chi connectivity index (χ3v) is 11.9. The lowest BCUT2D eigenvalue weighted by molar-refractivity contribution is -0.258. The second-order valence-electron chi connectivity index (χ2n) is 15.7. The molecule has 1 amide bonds. The van der Waals surface area contributed by atoms with Gasteiger partial charge in [0.05, 0.1) is 38.1 Å². The molecule has 0 bridgehead atoms. The quantitative estimate of drug-likeness (QED) is 0.0363. The van der Waals surface area contributed by atoms with Crippen molar-refractivity contribution in [3.05, 3.63) is 48.1 Å². The van der Waals surface area contributed by atoms with Crippen LogP contribution < -0.4 is 4.74 Å². The highest BCUT2D eigenvalue weighted by molar-refractivity contribution is 6.03. The number of carbonyl (C=O) groups excluding carboxylic acids is 1. The van der Waals surface area contributed by atoms with E-state index in [1.54, 1.807) is 12.1 Å². The molecule has 4 rings (SSSR count). The van der Waals surface area contributed by atoms with Crippen LogP contribution in [-0.2, 0) is 19.1 Å². The van der Waals surface area contributed by atoms with Gasteiger partial charge in [0.25, 0.3) is 0 Å². The molecule has 0 radical (unpaired) electrons. The van der Waals surface area contributed by atoms with Gasteiger partial charge < -0.3 is 44.4 Å². The molecule has 0 saturated heterocycles. The maximum absolute atomic E-state index is 14.6. The molecule has 1 heterocycles. The molecule has 1 aliphatic heterocycles. The Bertz CT molecular complexity index is 1390. The van der Waals surface area contributed by atoms with Crippen LogP contribution in [0.2, 0.25) is 0 Å². The first-order valence-corrected chi connectivity index (χ1v) is 21.8. The number of nitrogens with zero attached hydrogens (tertiary/aromatic N) is 2. The lowest BCUT2D eigenvalue weighted by atomic mass is 9.55. The third kappa shape index (κ3) is 12.0. The van der Waals surface area contributed by atoms with E-state index >= 15 is 0 Å². The van der Waals surface area contributed by atoms with Gasteiger partial charge in [-0.05, 0) is 74.6 Å². The summed E-state index contributed by atoms with van der Waals surface area (Å²) >= 11 is 0. The van der Waals surface area contributed by atoms with E-state index in [-0.39, 0.29) is 75.6 Å². The van der Waals surface area contributed by atoms with Crippen molar-refractivity contribution in [1.29, 1.82) is 0 Å². The maximum Gasteiger partial charge on any atom is 0.239 e. The molecule has 1 fully saturated rings. The Morgan fingerprint density at radius 3 is 2.34 bits per heavy atom. The number of aliphatic hydroxyl groups excluding tert-OH is 3. The smallest absolute Gasteiger partial charge is 0.239 e. The fourth-order valence-corrected chi connectivity index (χ4v) is 9.31. The van der Waals surface area contributed by atoms with E-state index in [0.717, 1.165) is 61.8 Å². The first kappa shape index (κ1) is 45.7. The van der Waals surface area contributed by atoms with Gasteiger partial charge in [-0.2, -0.15) is 0 Å². The molecular weight excluding hydrogens is 712 g/mol. The topological polar surface area (TPSA) is 151 Å². The minimum atomic E-state index is -1.35. The molecule has 3 aliphatic rings. The molecule has 0 spiro atoms. The van der Waals surface area contributed by atoms with Crippen LogP contribution in [0.4, 0.5) is 0 Å². The average Bonchev–Trinajstić information content (AvgIpc) is 3.20. The number of phenolic OH excluding ortho intramolecular Hbond substituents is 1. The zero-order valence-electron chi connectivity index (χ0n) is 34.4. The van der Waals surface area contributed by atoms with Crippen LogP contribution >= 0.6 is 0 Å². The second kappa shape index (κ2) is 24.7. The van der Waals surface area contributed by atoms with Crippen molar-refractivity contribution in [3.63, 3.8) is 0 Å². The molecule has 316 valence electrons. The van der Waals surface area contributed by atoms with Gasteiger partial charge in [0.1, 0.15) is 24.1 Å². The Morgan fingerprint density at radius 1 is 0.946 bits per heavy atom. The van der Waals surface area contributed by atoms with Crippen LogP contribution in [0.25, 0.3) is 0 Å². The van der Waals surface area contributed by atoms with Gasteiger partial charge in [0.15, 0.2) is 0 Å². The molecule has 4 N–H and O–H groups in total. The number of unbranched alkanes of at least 4 members (excludes halogenated alkanes) is 10. The summed E-state index contributed by atoms with van der Waals surface area (Å²) in [6.07, 6.45) is 19.8. The molecule has 1 saturated carbocycles. The summed E-state index contributed by atoms with van der Waals surface area (Å²) < 4.78 is 20.0. The molecule has 1 aromatic rings. The Labute approximate surface area is 336 Å². The van der Waals surface area contributed by atoms with Crippen molar-refractivity contribution in [2.75, 3.05) is 52.8 Å². The van der Waals surface area contributed by atoms with Crippen molar-refractivity contribution in [2.45, 2.75) is 141 Å². The first-order valence-electron chi connectivity index (χ1n) is 21.8. The van der Waals surface area contributed by atoms with Crippen molar-refractivity contribution in [1.82, 2.24) is 4.90 Å². The van der Waals surface area contributed by atoms with E-state index in [1.807, 2.05) is 24.0 Å². The number of fused-ring (bicyclic) bond motifs is 2. The number of ether oxygens (including phenoxy) is 3. The van der Waals surface area contributed by atoms with E-state index in [4.69, 9.17) is 24.2 Å². The molecule has 0 aromatic heterocycles. The number of aromatic hydroxyl groups is 1. The predicted molar refractivity (Wildman–Crippen MR) is 220 cm³/mol. The SMILES string of the molecule is C=CCOC12Oc3ccc(O)cc3C3C(CCCCO)C(CCCCO)C=C(C(=NOCC)CC1N(CCOCCO)C(=O)CCCCCCCCCCC)C32. The zero-order chi connectivity index (χ0) is 40.2. The van der Waals surface area contributed by atoms with Gasteiger partial charge in [-0.1, -0.05) is 88.4 Å². The number of carbonyl (C=O) groups is 1. The summed E-state index contributed by atoms with van der Waals surface area (Å²) in [6, 6.07) is 4.63. The number of hydrogen-bond donors (Lipinski definition) is 4. The van der Waals surface area contributed by atoms with Crippen LogP contribution in [-0.4, -0.2) is 102 Å². The summed E-state index contributed by atoms with van der Waals surface area (Å²) in [5.41, 5.74) is 2.60. The zero-order valence-corrected chi connectivity index (χ0v) is 34.4. The summed E-state index contributed by atoms with van der Waals surface area (Å²) in [5.74, 6) is -1.04. The minimum Gasteiger partial charge on any atom is -0.508 e. The molecule has 2 aliphatic carbocycles. The second-order valence-corrected chi connectivity index (χ2v) is 15.7. The lowest BCUT2D eigenvalue weighted by Gasteiger charge is -2.60. The minimum absolute atomic E-state index is 0.0100. The number of hydrogen-bond acceptors (Lipinski definition) is 10. The highest BCUT2D eigenvalue weighted by Crippen LogP contribution is 2.61. The van der Waals surface area contributed by atoms with E-state index in [0.29, 0.717) is 38.0 Å². The van der Waals surface area contributed by atoms with E-state index < -0.39 is 17.7 Å². The lowest BCUT2D eigenvalue weighted by Crippen LogP contribution is -2.70. The number of allylic oxidation sites excluding steroid dienone is 1. The average molecular weight is 785 g/mol. The monoisotopic (exact) mass is 785 g/mol. The van der Waals surface area contributed by atoms with Crippen LogP contribution in [0, 0.1) is 17.8 Å². The molecule has 56 heavy (non-hydrogen) atoms. The van der Waals surface area contributed by atoms with Crippen molar-refractivity contribution in [2.24, 2.45) is 22.9 Å². The summed E-state index contributed by atoms with van der Waals surface area (Å²) in [5, 5.41) is 44.7. The van der Waals surface area contributed by atoms with Gasteiger partial charge in [-0.25, -0.2) is 0 Å². The number of amides is 1. The van der Waals surface area contributed by atoms with Gasteiger partial charge in [0, 0.05) is 44.1 Å². The Hall–Kier alpha value is -2.96. The van der Waals surface area contributed by atoms with E-state index in [9.17, 15) is 25.2 Å². The fraction of sp³-hybridized carbons (Fsp3) is 0.733. The molecular formula is C45H72N2O9. The number of rotatable bonds is 29. The van der Waals surface area contributed by atoms with Gasteiger partial charge >= 0.3 is 0 Å². The Balaban J connectivity index is 1.82. The fourth-order valence-electron chi connectivity index (χ4n) is 9.31. The first-order chi connectivity index (χ1) is 27.4. The van der Waals surface area contributed by atoms with Crippen LogP contribution in [0.15, 0.2) is 47.7 Å². The highest BCUT2D eigenvalue weighted by Gasteiger charge is 2.65. The Kier molecular flexibility index (Phi) is 20.2. The summed E-state index contributed by atoms with van der Waals surface area (Å²) in [7, 11) is 0. The molecule has 11 heteroatoms. The number of phenols is 1. The molecule has 6 atom stereocenters.